The van der Waals surface area contributed by atoms with E-state index in [0.717, 1.165) is 5.69 Å². The summed E-state index contributed by atoms with van der Waals surface area (Å²) in [5.74, 6) is 0.893. The molecule has 0 spiro atoms. The highest BCUT2D eigenvalue weighted by Crippen LogP contribution is 2.29. The van der Waals surface area contributed by atoms with Crippen LogP contribution in [0.4, 0.5) is 11.4 Å². The number of hydrogen-bond donors (Lipinski definition) is 1. The van der Waals surface area contributed by atoms with Crippen molar-refractivity contribution in [3.05, 3.63) is 42.2 Å². The van der Waals surface area contributed by atoms with Gasteiger partial charge in [-0.3, -0.25) is 14.6 Å². The molecule has 2 heterocycles. The van der Waals surface area contributed by atoms with Crippen LogP contribution in [0.1, 0.15) is 17.4 Å². The average molecular weight is 384 g/mol. The Kier molecular flexibility index (Phi) is 5.98. The van der Waals surface area contributed by atoms with Crippen LogP contribution in [-0.2, 0) is 4.79 Å². The largest absolute Gasteiger partial charge is 0.497 e. The minimum absolute atomic E-state index is 0.0849. The van der Waals surface area contributed by atoms with Crippen LogP contribution in [-0.4, -0.2) is 62.1 Å². The van der Waals surface area contributed by atoms with Gasteiger partial charge in [-0.2, -0.15) is 0 Å². The molecular formula is C20H24N4O4. The third-order valence-corrected chi connectivity index (χ3v) is 4.72. The molecule has 1 fully saturated rings. The molecule has 1 aromatic carbocycles. The Balaban J connectivity index is 1.74. The predicted octanol–water partition coefficient (Wildman–Crippen LogP) is 2.02. The second-order valence-electron chi connectivity index (χ2n) is 6.41. The number of carbonyl (C=O) groups excluding carboxylic acids is 2. The Morgan fingerprint density at radius 3 is 2.43 bits per heavy atom. The zero-order valence-electron chi connectivity index (χ0n) is 16.3. The van der Waals surface area contributed by atoms with Crippen LogP contribution >= 0.6 is 0 Å². The van der Waals surface area contributed by atoms with E-state index in [1.165, 1.54) is 7.11 Å². The molecule has 0 aliphatic carbocycles. The quantitative estimate of drug-likeness (QED) is 0.849. The average Bonchev–Trinajstić information content (AvgIpc) is 2.73. The van der Waals surface area contributed by atoms with E-state index in [2.05, 4.69) is 15.2 Å². The number of amides is 2. The highest BCUT2D eigenvalue weighted by molar-refractivity contribution is 6.04. The summed E-state index contributed by atoms with van der Waals surface area (Å²) < 4.78 is 10.5. The Morgan fingerprint density at radius 2 is 1.79 bits per heavy atom. The molecular weight excluding hydrogens is 360 g/mol. The van der Waals surface area contributed by atoms with Crippen molar-refractivity contribution in [1.82, 2.24) is 9.88 Å². The van der Waals surface area contributed by atoms with Gasteiger partial charge in [0.25, 0.3) is 5.91 Å². The SMILES string of the molecule is COc1ccc(OC)c(NC(=O)c2cc(N3CCN(C(C)=O)CC3)ccn2)c1. The van der Waals surface area contributed by atoms with E-state index >= 15 is 0 Å². The van der Waals surface area contributed by atoms with E-state index in [4.69, 9.17) is 9.47 Å². The van der Waals surface area contributed by atoms with Crippen LogP contribution in [0.15, 0.2) is 36.5 Å². The second-order valence-corrected chi connectivity index (χ2v) is 6.41. The lowest BCUT2D eigenvalue weighted by Crippen LogP contribution is -2.48. The Labute approximate surface area is 164 Å². The zero-order valence-corrected chi connectivity index (χ0v) is 16.3. The maximum absolute atomic E-state index is 12.7. The third-order valence-electron chi connectivity index (χ3n) is 4.72. The molecule has 148 valence electrons. The van der Waals surface area contributed by atoms with E-state index in [1.807, 2.05) is 11.0 Å². The molecule has 0 atom stereocenters. The van der Waals surface area contributed by atoms with Gasteiger partial charge in [0.05, 0.1) is 19.9 Å². The first-order valence-electron chi connectivity index (χ1n) is 9.01. The topological polar surface area (TPSA) is 84.0 Å². The third kappa shape index (κ3) is 4.33. The monoisotopic (exact) mass is 384 g/mol. The maximum Gasteiger partial charge on any atom is 0.274 e. The number of rotatable bonds is 5. The van der Waals surface area contributed by atoms with E-state index in [9.17, 15) is 9.59 Å². The van der Waals surface area contributed by atoms with Gasteiger partial charge in [-0.15, -0.1) is 0 Å². The van der Waals surface area contributed by atoms with E-state index < -0.39 is 0 Å². The highest BCUT2D eigenvalue weighted by Gasteiger charge is 2.20. The van der Waals surface area contributed by atoms with Gasteiger partial charge < -0.3 is 24.6 Å². The van der Waals surface area contributed by atoms with Crippen molar-refractivity contribution >= 4 is 23.2 Å². The van der Waals surface area contributed by atoms with Crippen LogP contribution < -0.4 is 19.7 Å². The van der Waals surface area contributed by atoms with Crippen molar-refractivity contribution in [2.75, 3.05) is 50.6 Å². The molecule has 0 saturated carbocycles. The number of carbonyl (C=O) groups is 2. The molecule has 1 aliphatic heterocycles. The van der Waals surface area contributed by atoms with Gasteiger partial charge in [0, 0.05) is 51.1 Å². The summed E-state index contributed by atoms with van der Waals surface area (Å²) in [5, 5.41) is 2.83. The number of hydrogen-bond acceptors (Lipinski definition) is 6. The number of nitrogens with one attached hydrogen (secondary N) is 1. The molecule has 1 N–H and O–H groups in total. The van der Waals surface area contributed by atoms with Gasteiger partial charge in [-0.05, 0) is 24.3 Å². The minimum atomic E-state index is -0.337. The van der Waals surface area contributed by atoms with Crippen molar-refractivity contribution in [1.29, 1.82) is 0 Å². The molecule has 0 unspecified atom stereocenters. The van der Waals surface area contributed by atoms with Gasteiger partial charge >= 0.3 is 0 Å². The van der Waals surface area contributed by atoms with Crippen LogP contribution in [0.2, 0.25) is 0 Å². The number of nitrogens with zero attached hydrogens (tertiary/aromatic N) is 3. The highest BCUT2D eigenvalue weighted by atomic mass is 16.5. The minimum Gasteiger partial charge on any atom is -0.497 e. The van der Waals surface area contributed by atoms with Gasteiger partial charge in [0.15, 0.2) is 0 Å². The fraction of sp³-hybridized carbons (Fsp3) is 0.350. The Bertz CT molecular complexity index is 863. The van der Waals surface area contributed by atoms with Crippen molar-refractivity contribution in [3.8, 4) is 11.5 Å². The van der Waals surface area contributed by atoms with E-state index in [0.29, 0.717) is 49.1 Å². The van der Waals surface area contributed by atoms with Crippen LogP contribution in [0.5, 0.6) is 11.5 Å². The molecule has 1 aliphatic rings. The fourth-order valence-corrected chi connectivity index (χ4v) is 3.12. The number of benzene rings is 1. The lowest BCUT2D eigenvalue weighted by Gasteiger charge is -2.35. The molecule has 3 rings (SSSR count). The molecule has 1 aromatic heterocycles. The first-order chi connectivity index (χ1) is 13.5. The summed E-state index contributed by atoms with van der Waals surface area (Å²) >= 11 is 0. The molecule has 0 bridgehead atoms. The fourth-order valence-electron chi connectivity index (χ4n) is 3.12. The number of aromatic nitrogens is 1. The van der Waals surface area contributed by atoms with Crippen LogP contribution in [0.3, 0.4) is 0 Å². The van der Waals surface area contributed by atoms with Crippen molar-refractivity contribution in [2.45, 2.75) is 6.92 Å². The number of pyridine rings is 1. The maximum atomic E-state index is 12.7. The van der Waals surface area contributed by atoms with Gasteiger partial charge in [0.1, 0.15) is 17.2 Å². The van der Waals surface area contributed by atoms with Crippen LogP contribution in [0.25, 0.3) is 0 Å². The van der Waals surface area contributed by atoms with E-state index in [1.54, 1.807) is 44.5 Å². The van der Waals surface area contributed by atoms with Gasteiger partial charge in [0.2, 0.25) is 5.91 Å². The lowest BCUT2D eigenvalue weighted by molar-refractivity contribution is -0.129. The van der Waals surface area contributed by atoms with Crippen molar-refractivity contribution in [2.24, 2.45) is 0 Å². The summed E-state index contributed by atoms with van der Waals surface area (Å²) in [6.45, 7) is 4.35. The second kappa shape index (κ2) is 8.60. The first-order valence-corrected chi connectivity index (χ1v) is 9.01. The molecule has 1 saturated heterocycles. The smallest absolute Gasteiger partial charge is 0.274 e. The van der Waals surface area contributed by atoms with Crippen LogP contribution in [0, 0.1) is 0 Å². The van der Waals surface area contributed by atoms with Gasteiger partial charge in [-0.25, -0.2) is 0 Å². The molecule has 2 amide bonds. The summed E-state index contributed by atoms with van der Waals surface area (Å²) in [7, 11) is 3.10. The molecule has 28 heavy (non-hydrogen) atoms. The van der Waals surface area contributed by atoms with E-state index in [-0.39, 0.29) is 11.8 Å². The molecule has 8 heteroatoms. The van der Waals surface area contributed by atoms with Gasteiger partial charge in [-0.1, -0.05) is 0 Å². The number of piperazine rings is 1. The molecule has 8 nitrogen and oxygen atoms in total. The molecule has 0 radical (unpaired) electrons. The summed E-state index contributed by atoms with van der Waals surface area (Å²) in [4.78, 5) is 32.4. The summed E-state index contributed by atoms with van der Waals surface area (Å²) in [5.41, 5.74) is 1.71. The number of anilines is 2. The Hall–Kier alpha value is -3.29. The Morgan fingerprint density at radius 1 is 1.04 bits per heavy atom. The summed E-state index contributed by atoms with van der Waals surface area (Å²) in [6.07, 6.45) is 1.62. The lowest BCUT2D eigenvalue weighted by atomic mass is 10.2. The standard InChI is InChI=1S/C20H24N4O4/c1-14(25)23-8-10-24(11-9-23)15-6-7-21-18(12-15)20(26)22-17-13-16(27-2)4-5-19(17)28-3/h4-7,12-13H,8-11H2,1-3H3,(H,22,26). The van der Waals surface area contributed by atoms with Crippen molar-refractivity contribution in [3.63, 3.8) is 0 Å². The normalized spacial score (nSPS) is 13.8. The first kappa shape index (κ1) is 19.5. The zero-order chi connectivity index (χ0) is 20.1. The van der Waals surface area contributed by atoms with Crippen molar-refractivity contribution < 1.29 is 19.1 Å². The summed E-state index contributed by atoms with van der Waals surface area (Å²) in [6, 6.07) is 8.81. The number of methoxy groups -OCH3 is 2. The predicted molar refractivity (Wildman–Crippen MR) is 106 cm³/mol. The molecule has 2 aromatic rings. The number of ether oxygens (including phenoxy) is 2.